The van der Waals surface area contributed by atoms with Gasteiger partial charge in [0.1, 0.15) is 18.6 Å². The normalized spacial score (nSPS) is 14.0. The molecule has 148 valence electrons. The van der Waals surface area contributed by atoms with Gasteiger partial charge in [0.05, 0.1) is 6.04 Å². The van der Waals surface area contributed by atoms with E-state index in [0.29, 0.717) is 0 Å². The van der Waals surface area contributed by atoms with Crippen molar-refractivity contribution < 1.29 is 29.1 Å². The Kier molecular flexibility index (Phi) is 9.89. The Morgan fingerprint density at radius 2 is 1.54 bits per heavy atom. The fourth-order valence-electron chi connectivity index (χ4n) is 1.90. The second kappa shape index (κ2) is 11.0. The van der Waals surface area contributed by atoms with E-state index in [1.807, 2.05) is 0 Å². The van der Waals surface area contributed by atoms with E-state index in [2.05, 4.69) is 16.0 Å². The van der Waals surface area contributed by atoms with Gasteiger partial charge in [0, 0.05) is 6.42 Å². The third-order valence-electron chi connectivity index (χ3n) is 3.45. The Hall–Kier alpha value is -2.69. The van der Waals surface area contributed by atoms with Crippen LogP contribution >= 0.6 is 0 Å². The lowest BCUT2D eigenvalue weighted by atomic mass is 10.0. The molecule has 0 aliphatic rings. The zero-order chi connectivity index (χ0) is 20.4. The molecule has 0 radical (unpaired) electrons. The standard InChI is InChI=1S/C15H27N5O6/c1-7(2)12(15(26)18-6-11(22)23)20-13(24)8(3)19-14(25)9(16)4-5-10(17)21/h7-9,12H,4-6,16H2,1-3H3,(H2,17,21)(H,18,26)(H,19,25)(H,20,24)(H,22,23). The number of carbonyl (C=O) groups excluding carboxylic acids is 4. The first-order valence-corrected chi connectivity index (χ1v) is 8.09. The Balaban J connectivity index is 4.68. The van der Waals surface area contributed by atoms with E-state index in [4.69, 9.17) is 16.6 Å². The minimum atomic E-state index is -1.21. The average Bonchev–Trinajstić information content (AvgIpc) is 2.54. The fraction of sp³-hybridized carbons (Fsp3) is 0.667. The van der Waals surface area contributed by atoms with Crippen LogP contribution in [0.3, 0.4) is 0 Å². The maximum Gasteiger partial charge on any atom is 0.322 e. The molecule has 0 aliphatic carbocycles. The molecule has 3 unspecified atom stereocenters. The van der Waals surface area contributed by atoms with Gasteiger partial charge in [-0.1, -0.05) is 13.8 Å². The zero-order valence-corrected chi connectivity index (χ0v) is 15.1. The molecule has 4 amide bonds. The van der Waals surface area contributed by atoms with Crippen LogP contribution in [-0.4, -0.2) is 59.4 Å². The summed E-state index contributed by atoms with van der Waals surface area (Å²) in [6.45, 7) is 4.18. The first-order valence-electron chi connectivity index (χ1n) is 8.09. The van der Waals surface area contributed by atoms with E-state index in [9.17, 15) is 24.0 Å². The van der Waals surface area contributed by atoms with Crippen molar-refractivity contribution in [2.24, 2.45) is 17.4 Å². The molecule has 3 atom stereocenters. The number of primary amides is 1. The van der Waals surface area contributed by atoms with Crippen LogP contribution in [0.2, 0.25) is 0 Å². The van der Waals surface area contributed by atoms with E-state index >= 15 is 0 Å². The summed E-state index contributed by atoms with van der Waals surface area (Å²) in [7, 11) is 0. The van der Waals surface area contributed by atoms with Crippen LogP contribution in [0.25, 0.3) is 0 Å². The average molecular weight is 373 g/mol. The summed E-state index contributed by atoms with van der Waals surface area (Å²) in [6, 6.07) is -2.96. The van der Waals surface area contributed by atoms with Gasteiger partial charge in [-0.05, 0) is 19.3 Å². The second-order valence-electron chi connectivity index (χ2n) is 6.18. The van der Waals surface area contributed by atoms with Gasteiger partial charge < -0.3 is 32.5 Å². The van der Waals surface area contributed by atoms with E-state index < -0.39 is 54.3 Å². The third kappa shape index (κ3) is 8.97. The summed E-state index contributed by atoms with van der Waals surface area (Å²) in [5.74, 6) is -4.03. The van der Waals surface area contributed by atoms with Gasteiger partial charge >= 0.3 is 5.97 Å². The van der Waals surface area contributed by atoms with Crippen LogP contribution in [0.1, 0.15) is 33.6 Å². The Morgan fingerprint density at radius 3 is 2.00 bits per heavy atom. The lowest BCUT2D eigenvalue weighted by molar-refractivity contribution is -0.139. The van der Waals surface area contributed by atoms with Crippen molar-refractivity contribution in [1.29, 1.82) is 0 Å². The van der Waals surface area contributed by atoms with Crippen LogP contribution in [-0.2, 0) is 24.0 Å². The monoisotopic (exact) mass is 373 g/mol. The largest absolute Gasteiger partial charge is 0.480 e. The van der Waals surface area contributed by atoms with Gasteiger partial charge in [0.25, 0.3) is 0 Å². The molecule has 11 nitrogen and oxygen atoms in total. The molecule has 0 aromatic carbocycles. The van der Waals surface area contributed by atoms with Crippen molar-refractivity contribution in [3.63, 3.8) is 0 Å². The number of hydrogen-bond acceptors (Lipinski definition) is 6. The predicted molar refractivity (Wildman–Crippen MR) is 91.4 cm³/mol. The van der Waals surface area contributed by atoms with Crippen molar-refractivity contribution in [2.75, 3.05) is 6.54 Å². The SMILES string of the molecule is CC(NC(=O)C(N)CCC(N)=O)C(=O)NC(C(=O)NCC(=O)O)C(C)C. The summed E-state index contributed by atoms with van der Waals surface area (Å²) in [6.07, 6.45) is -0.0178. The summed E-state index contributed by atoms with van der Waals surface area (Å²) in [4.78, 5) is 57.3. The highest BCUT2D eigenvalue weighted by molar-refractivity contribution is 5.93. The summed E-state index contributed by atoms with van der Waals surface area (Å²) in [5.41, 5.74) is 10.6. The number of nitrogens with two attached hydrogens (primary N) is 2. The van der Waals surface area contributed by atoms with E-state index in [1.54, 1.807) is 13.8 Å². The van der Waals surface area contributed by atoms with Crippen molar-refractivity contribution >= 4 is 29.6 Å². The van der Waals surface area contributed by atoms with Gasteiger partial charge in [0.15, 0.2) is 0 Å². The molecule has 0 aliphatic heterocycles. The predicted octanol–water partition coefficient (Wildman–Crippen LogP) is -2.57. The van der Waals surface area contributed by atoms with Crippen LogP contribution < -0.4 is 27.4 Å². The summed E-state index contributed by atoms with van der Waals surface area (Å²) >= 11 is 0. The summed E-state index contributed by atoms with van der Waals surface area (Å²) < 4.78 is 0. The number of carboxylic acids is 1. The summed E-state index contributed by atoms with van der Waals surface area (Å²) in [5, 5.41) is 15.6. The molecular weight excluding hydrogens is 346 g/mol. The number of rotatable bonds is 11. The fourth-order valence-corrected chi connectivity index (χ4v) is 1.90. The topological polar surface area (TPSA) is 194 Å². The minimum absolute atomic E-state index is 0.0434. The van der Waals surface area contributed by atoms with E-state index in [0.717, 1.165) is 0 Å². The van der Waals surface area contributed by atoms with Gasteiger partial charge in [-0.2, -0.15) is 0 Å². The van der Waals surface area contributed by atoms with Gasteiger partial charge in [-0.15, -0.1) is 0 Å². The van der Waals surface area contributed by atoms with Crippen molar-refractivity contribution in [3.05, 3.63) is 0 Å². The zero-order valence-electron chi connectivity index (χ0n) is 15.1. The maximum atomic E-state index is 12.2. The molecule has 0 aromatic heterocycles. The highest BCUT2D eigenvalue weighted by Gasteiger charge is 2.27. The number of carbonyl (C=O) groups is 5. The molecule has 0 heterocycles. The molecule has 0 saturated carbocycles. The number of aliphatic carboxylic acids is 1. The van der Waals surface area contributed by atoms with Crippen molar-refractivity contribution in [1.82, 2.24) is 16.0 Å². The molecule has 8 N–H and O–H groups in total. The lowest BCUT2D eigenvalue weighted by Crippen LogP contribution is -2.56. The number of amides is 4. The molecular formula is C15H27N5O6. The number of hydrogen-bond donors (Lipinski definition) is 6. The van der Waals surface area contributed by atoms with Crippen molar-refractivity contribution in [2.45, 2.75) is 51.7 Å². The molecule has 0 saturated heterocycles. The quantitative estimate of drug-likeness (QED) is 0.229. The molecule has 0 rings (SSSR count). The van der Waals surface area contributed by atoms with Crippen LogP contribution in [0.4, 0.5) is 0 Å². The Bertz CT molecular complexity index is 551. The maximum absolute atomic E-state index is 12.2. The first-order chi connectivity index (χ1) is 12.0. The van der Waals surface area contributed by atoms with E-state index in [-0.39, 0.29) is 18.8 Å². The number of carboxylic acid groups (broad SMARTS) is 1. The molecule has 0 spiro atoms. The third-order valence-corrected chi connectivity index (χ3v) is 3.45. The highest BCUT2D eigenvalue weighted by atomic mass is 16.4. The van der Waals surface area contributed by atoms with Crippen molar-refractivity contribution in [3.8, 4) is 0 Å². The molecule has 26 heavy (non-hydrogen) atoms. The van der Waals surface area contributed by atoms with Crippen LogP contribution in [0, 0.1) is 5.92 Å². The molecule has 0 fully saturated rings. The first kappa shape index (κ1) is 23.3. The van der Waals surface area contributed by atoms with Crippen LogP contribution in [0.5, 0.6) is 0 Å². The van der Waals surface area contributed by atoms with Crippen LogP contribution in [0.15, 0.2) is 0 Å². The molecule has 11 heteroatoms. The second-order valence-corrected chi connectivity index (χ2v) is 6.18. The molecule has 0 bridgehead atoms. The van der Waals surface area contributed by atoms with Gasteiger partial charge in [0.2, 0.25) is 23.6 Å². The lowest BCUT2D eigenvalue weighted by Gasteiger charge is -2.24. The molecule has 0 aromatic rings. The number of nitrogens with one attached hydrogen (secondary N) is 3. The van der Waals surface area contributed by atoms with Gasteiger partial charge in [-0.3, -0.25) is 24.0 Å². The Morgan fingerprint density at radius 1 is 0.962 bits per heavy atom. The Labute approximate surface area is 151 Å². The smallest absolute Gasteiger partial charge is 0.322 e. The highest BCUT2D eigenvalue weighted by Crippen LogP contribution is 2.03. The minimum Gasteiger partial charge on any atom is -0.480 e. The van der Waals surface area contributed by atoms with E-state index in [1.165, 1.54) is 6.92 Å². The van der Waals surface area contributed by atoms with Gasteiger partial charge in [-0.25, -0.2) is 0 Å².